The maximum absolute atomic E-state index is 12.6. The van der Waals surface area contributed by atoms with E-state index in [0.717, 1.165) is 0 Å². The first kappa shape index (κ1) is 12.2. The van der Waals surface area contributed by atoms with Gasteiger partial charge in [0.25, 0.3) is 0 Å². The van der Waals surface area contributed by atoms with E-state index in [1.165, 1.54) is 25.1 Å². The highest BCUT2D eigenvalue weighted by Gasteiger charge is 2.38. The van der Waals surface area contributed by atoms with Gasteiger partial charge in [0.2, 0.25) is 6.20 Å². The molecule has 0 aliphatic carbocycles. The van der Waals surface area contributed by atoms with Crippen LogP contribution in [0.1, 0.15) is 11.1 Å². The fraction of sp³-hybridized carbons (Fsp3) is 0.200. The number of nitro groups is 1. The second kappa shape index (κ2) is 4.34. The van der Waals surface area contributed by atoms with Gasteiger partial charge in [-0.3, -0.25) is 10.1 Å². The van der Waals surface area contributed by atoms with Gasteiger partial charge in [0, 0.05) is 0 Å². The molecule has 0 aromatic heterocycles. The smallest absolute Gasteiger partial charge is 0.259 e. The summed E-state index contributed by atoms with van der Waals surface area (Å²) in [4.78, 5) is 9.07. The third kappa shape index (κ3) is 2.82. The van der Waals surface area contributed by atoms with Crippen molar-refractivity contribution in [3.63, 3.8) is 0 Å². The number of allylic oxidation sites excluding steroid dienone is 1. The zero-order valence-electron chi connectivity index (χ0n) is 8.28. The quantitative estimate of drug-likeness (QED) is 0.579. The lowest BCUT2D eigenvalue weighted by atomic mass is 10.0. The minimum atomic E-state index is -4.74. The van der Waals surface area contributed by atoms with Crippen LogP contribution < -0.4 is 0 Å². The van der Waals surface area contributed by atoms with Crippen molar-refractivity contribution in [2.75, 3.05) is 0 Å². The Balaban J connectivity index is 3.34. The van der Waals surface area contributed by atoms with Gasteiger partial charge in [-0.2, -0.15) is 13.2 Å². The minimum Gasteiger partial charge on any atom is -0.259 e. The van der Waals surface area contributed by atoms with Crippen LogP contribution in [0, 0.1) is 17.0 Å². The monoisotopic (exact) mass is 231 g/mol. The zero-order valence-corrected chi connectivity index (χ0v) is 8.28. The summed E-state index contributed by atoms with van der Waals surface area (Å²) >= 11 is 0. The van der Waals surface area contributed by atoms with Gasteiger partial charge >= 0.3 is 6.18 Å². The van der Waals surface area contributed by atoms with Crippen LogP contribution in [0.15, 0.2) is 30.5 Å². The Bertz CT molecular complexity index is 438. The molecule has 0 N–H and O–H groups in total. The summed E-state index contributed by atoms with van der Waals surface area (Å²) in [6.07, 6.45) is -4.75. The zero-order chi connectivity index (χ0) is 12.3. The number of rotatable bonds is 2. The fourth-order valence-electron chi connectivity index (χ4n) is 1.28. The van der Waals surface area contributed by atoms with E-state index in [9.17, 15) is 23.3 Å². The van der Waals surface area contributed by atoms with Crippen LogP contribution in [0.4, 0.5) is 13.2 Å². The van der Waals surface area contributed by atoms with E-state index in [1.54, 1.807) is 6.07 Å². The Kier molecular flexibility index (Phi) is 3.31. The van der Waals surface area contributed by atoms with Gasteiger partial charge in [0.1, 0.15) is 5.57 Å². The first-order valence-electron chi connectivity index (χ1n) is 4.31. The number of hydrogen-bond acceptors (Lipinski definition) is 2. The van der Waals surface area contributed by atoms with Crippen molar-refractivity contribution in [1.29, 1.82) is 0 Å². The molecule has 16 heavy (non-hydrogen) atoms. The van der Waals surface area contributed by atoms with E-state index in [1.807, 2.05) is 0 Å². The summed E-state index contributed by atoms with van der Waals surface area (Å²) < 4.78 is 37.7. The third-order valence-electron chi connectivity index (χ3n) is 1.98. The molecule has 0 spiro atoms. The molecule has 1 aromatic rings. The van der Waals surface area contributed by atoms with Crippen molar-refractivity contribution >= 4 is 5.57 Å². The average Bonchev–Trinajstić information content (AvgIpc) is 2.13. The van der Waals surface area contributed by atoms with Crippen molar-refractivity contribution in [3.05, 3.63) is 51.7 Å². The molecular formula is C10H8F3NO2. The van der Waals surface area contributed by atoms with Crippen molar-refractivity contribution in [1.82, 2.24) is 0 Å². The number of benzene rings is 1. The van der Waals surface area contributed by atoms with E-state index < -0.39 is 16.7 Å². The lowest BCUT2D eigenvalue weighted by Crippen LogP contribution is -2.13. The van der Waals surface area contributed by atoms with E-state index in [4.69, 9.17) is 0 Å². The van der Waals surface area contributed by atoms with Crippen molar-refractivity contribution in [2.45, 2.75) is 13.1 Å². The Labute approximate surface area is 89.4 Å². The molecule has 1 aromatic carbocycles. The maximum Gasteiger partial charge on any atom is 0.422 e. The first-order valence-corrected chi connectivity index (χ1v) is 4.31. The summed E-state index contributed by atoms with van der Waals surface area (Å²) in [6.45, 7) is 1.47. The third-order valence-corrected chi connectivity index (χ3v) is 1.98. The number of nitrogens with zero attached hydrogens (tertiary/aromatic N) is 1. The number of aryl methyl sites for hydroxylation is 1. The van der Waals surface area contributed by atoms with Gasteiger partial charge in [0.05, 0.1) is 4.92 Å². The van der Waals surface area contributed by atoms with Crippen molar-refractivity contribution in [2.24, 2.45) is 0 Å². The molecule has 1 rings (SSSR count). The fourth-order valence-corrected chi connectivity index (χ4v) is 1.28. The SMILES string of the molecule is Cc1ccccc1/C(=C/[N+](=O)[O-])C(F)(F)F. The summed E-state index contributed by atoms with van der Waals surface area (Å²) in [5, 5.41) is 10.2. The maximum atomic E-state index is 12.6. The molecule has 0 aliphatic heterocycles. The van der Waals surface area contributed by atoms with Crippen molar-refractivity contribution < 1.29 is 18.1 Å². The molecule has 6 heteroatoms. The van der Waals surface area contributed by atoms with Gasteiger partial charge in [-0.15, -0.1) is 0 Å². The van der Waals surface area contributed by atoms with Crippen LogP contribution in [-0.2, 0) is 0 Å². The number of hydrogen-bond donors (Lipinski definition) is 0. The normalized spacial score (nSPS) is 12.6. The molecular weight excluding hydrogens is 223 g/mol. The average molecular weight is 231 g/mol. The Morgan fingerprint density at radius 3 is 2.38 bits per heavy atom. The van der Waals surface area contributed by atoms with Gasteiger partial charge in [0.15, 0.2) is 0 Å². The van der Waals surface area contributed by atoms with Crippen molar-refractivity contribution in [3.8, 4) is 0 Å². The molecule has 0 unspecified atom stereocenters. The highest BCUT2D eigenvalue weighted by Crippen LogP contribution is 2.35. The predicted molar refractivity (Wildman–Crippen MR) is 52.2 cm³/mol. The van der Waals surface area contributed by atoms with Gasteiger partial charge in [-0.05, 0) is 18.1 Å². The lowest BCUT2D eigenvalue weighted by Gasteiger charge is -2.11. The highest BCUT2D eigenvalue weighted by molar-refractivity contribution is 5.70. The molecule has 0 bridgehead atoms. The molecule has 3 nitrogen and oxygen atoms in total. The second-order valence-corrected chi connectivity index (χ2v) is 3.14. The van der Waals surface area contributed by atoms with E-state index >= 15 is 0 Å². The minimum absolute atomic E-state index is 0.0116. The van der Waals surface area contributed by atoms with Crippen LogP contribution in [0.25, 0.3) is 5.57 Å². The predicted octanol–water partition coefficient (Wildman–Crippen LogP) is 3.17. The highest BCUT2D eigenvalue weighted by atomic mass is 19.4. The molecule has 0 atom stereocenters. The Morgan fingerprint density at radius 2 is 1.94 bits per heavy atom. The molecule has 0 aliphatic rings. The van der Waals surface area contributed by atoms with Crippen LogP contribution in [0.2, 0.25) is 0 Å². The van der Waals surface area contributed by atoms with Crippen LogP contribution in [0.5, 0.6) is 0 Å². The molecule has 86 valence electrons. The van der Waals surface area contributed by atoms with E-state index in [0.29, 0.717) is 5.56 Å². The van der Waals surface area contributed by atoms with Crippen LogP contribution >= 0.6 is 0 Å². The molecule has 0 saturated heterocycles. The number of halogens is 3. The largest absolute Gasteiger partial charge is 0.422 e. The Morgan fingerprint density at radius 1 is 1.38 bits per heavy atom. The Hall–Kier alpha value is -1.85. The lowest BCUT2D eigenvalue weighted by molar-refractivity contribution is -0.402. The molecule has 0 fully saturated rings. The summed E-state index contributed by atoms with van der Waals surface area (Å²) in [7, 11) is 0. The molecule has 0 saturated carbocycles. The first-order chi connectivity index (χ1) is 7.32. The molecule has 0 amide bonds. The van der Waals surface area contributed by atoms with Crippen LogP contribution in [-0.4, -0.2) is 11.1 Å². The van der Waals surface area contributed by atoms with Gasteiger partial charge in [-0.25, -0.2) is 0 Å². The summed E-state index contributed by atoms with van der Waals surface area (Å²) in [5.41, 5.74) is -1.07. The standard InChI is InChI=1S/C10H8F3NO2/c1-7-4-2-3-5-8(7)9(6-14(15)16)10(11,12)13/h2-6H,1H3/b9-6-. The summed E-state index contributed by atoms with van der Waals surface area (Å²) in [6, 6.07) is 5.65. The van der Waals surface area contributed by atoms with Crippen LogP contribution in [0.3, 0.4) is 0 Å². The van der Waals surface area contributed by atoms with Gasteiger partial charge in [-0.1, -0.05) is 24.3 Å². The number of alkyl halides is 3. The topological polar surface area (TPSA) is 43.1 Å². The second-order valence-electron chi connectivity index (χ2n) is 3.14. The van der Waals surface area contributed by atoms with E-state index in [-0.39, 0.29) is 11.8 Å². The molecule has 0 radical (unpaired) electrons. The molecule has 0 heterocycles. The van der Waals surface area contributed by atoms with Gasteiger partial charge < -0.3 is 0 Å². The van der Waals surface area contributed by atoms with E-state index in [2.05, 4.69) is 0 Å². The summed E-state index contributed by atoms with van der Waals surface area (Å²) in [5.74, 6) is 0.